The molecule has 0 spiro atoms. The molecule has 2 aromatic rings. The molecule has 1 aromatic carbocycles. The zero-order chi connectivity index (χ0) is 20.5. The topological polar surface area (TPSA) is 84.2 Å². The summed E-state index contributed by atoms with van der Waals surface area (Å²) in [5.74, 6) is 0.290. The number of hydrogen-bond donors (Lipinski definition) is 3. The largest absolute Gasteiger partial charge is 0.352 e. The van der Waals surface area contributed by atoms with E-state index < -0.39 is 12.1 Å². The molecule has 0 saturated carbocycles. The van der Waals surface area contributed by atoms with E-state index in [2.05, 4.69) is 48.7 Å². The normalized spacial score (nSPS) is 14.1. The SMILES string of the molecule is CCCCC(NC(N)=O)C(=O)NC(c1ccc(C(C)CC)cc1)c1cccs1. The molecule has 3 unspecified atom stereocenters. The number of primary amides is 1. The zero-order valence-electron chi connectivity index (χ0n) is 16.9. The van der Waals surface area contributed by atoms with Crippen molar-refractivity contribution < 1.29 is 9.59 Å². The second-order valence-corrected chi connectivity index (χ2v) is 8.12. The van der Waals surface area contributed by atoms with Gasteiger partial charge in [0.15, 0.2) is 0 Å². The molecule has 5 nitrogen and oxygen atoms in total. The van der Waals surface area contributed by atoms with E-state index in [0.29, 0.717) is 12.3 Å². The fraction of sp³-hybridized carbons (Fsp3) is 0.455. The van der Waals surface area contributed by atoms with Crippen LogP contribution in [0.15, 0.2) is 41.8 Å². The molecule has 152 valence electrons. The predicted octanol–water partition coefficient (Wildman–Crippen LogP) is 4.69. The van der Waals surface area contributed by atoms with Crippen molar-refractivity contribution in [1.29, 1.82) is 0 Å². The molecule has 0 radical (unpaired) electrons. The van der Waals surface area contributed by atoms with Crippen LogP contribution in [-0.4, -0.2) is 18.0 Å². The van der Waals surface area contributed by atoms with E-state index in [1.165, 1.54) is 5.56 Å². The summed E-state index contributed by atoms with van der Waals surface area (Å²) < 4.78 is 0. The summed E-state index contributed by atoms with van der Waals surface area (Å²) in [4.78, 5) is 25.3. The molecule has 0 aliphatic carbocycles. The molecule has 0 aliphatic heterocycles. The first kappa shape index (κ1) is 22.0. The smallest absolute Gasteiger partial charge is 0.312 e. The molecular formula is C22H31N3O2S. The third-order valence-electron chi connectivity index (χ3n) is 5.04. The van der Waals surface area contributed by atoms with Crippen LogP contribution in [0.5, 0.6) is 0 Å². The molecule has 1 heterocycles. The third kappa shape index (κ3) is 6.09. The molecule has 4 N–H and O–H groups in total. The molecule has 0 saturated heterocycles. The molecular weight excluding hydrogens is 370 g/mol. The fourth-order valence-electron chi connectivity index (χ4n) is 3.12. The Morgan fingerprint density at radius 3 is 2.29 bits per heavy atom. The quantitative estimate of drug-likeness (QED) is 0.539. The molecule has 2 rings (SSSR count). The molecule has 3 amide bonds. The van der Waals surface area contributed by atoms with Crippen molar-refractivity contribution in [2.24, 2.45) is 5.73 Å². The van der Waals surface area contributed by atoms with Gasteiger partial charge in [0.05, 0.1) is 6.04 Å². The van der Waals surface area contributed by atoms with Crippen LogP contribution in [0.3, 0.4) is 0 Å². The molecule has 3 atom stereocenters. The van der Waals surface area contributed by atoms with E-state index in [-0.39, 0.29) is 11.9 Å². The highest BCUT2D eigenvalue weighted by atomic mass is 32.1. The van der Waals surface area contributed by atoms with Gasteiger partial charge >= 0.3 is 6.03 Å². The van der Waals surface area contributed by atoms with E-state index in [4.69, 9.17) is 5.73 Å². The number of amides is 3. The Kier molecular flexibility index (Phi) is 8.51. The van der Waals surface area contributed by atoms with Gasteiger partial charge in [-0.3, -0.25) is 4.79 Å². The van der Waals surface area contributed by atoms with Gasteiger partial charge in [-0.15, -0.1) is 11.3 Å². The number of carbonyl (C=O) groups excluding carboxylic acids is 2. The van der Waals surface area contributed by atoms with Crippen molar-refractivity contribution in [3.63, 3.8) is 0 Å². The van der Waals surface area contributed by atoms with Crippen LogP contribution < -0.4 is 16.4 Å². The Morgan fingerprint density at radius 1 is 1.07 bits per heavy atom. The van der Waals surface area contributed by atoms with Crippen LogP contribution in [-0.2, 0) is 4.79 Å². The van der Waals surface area contributed by atoms with Gasteiger partial charge < -0.3 is 16.4 Å². The van der Waals surface area contributed by atoms with Crippen molar-refractivity contribution in [3.05, 3.63) is 57.8 Å². The van der Waals surface area contributed by atoms with Gasteiger partial charge in [-0.25, -0.2) is 4.79 Å². The molecule has 1 aromatic heterocycles. The number of carbonyl (C=O) groups is 2. The Bertz CT molecular complexity index is 744. The summed E-state index contributed by atoms with van der Waals surface area (Å²) >= 11 is 1.60. The minimum absolute atomic E-state index is 0.211. The lowest BCUT2D eigenvalue weighted by molar-refractivity contribution is -0.123. The van der Waals surface area contributed by atoms with Crippen molar-refractivity contribution in [2.75, 3.05) is 0 Å². The molecule has 0 bridgehead atoms. The number of urea groups is 1. The van der Waals surface area contributed by atoms with Gasteiger partial charge in [0.25, 0.3) is 0 Å². The highest BCUT2D eigenvalue weighted by Gasteiger charge is 2.24. The summed E-state index contributed by atoms with van der Waals surface area (Å²) in [6.07, 6.45) is 3.43. The second-order valence-electron chi connectivity index (χ2n) is 7.14. The first-order chi connectivity index (χ1) is 13.5. The first-order valence-electron chi connectivity index (χ1n) is 9.95. The van der Waals surface area contributed by atoms with Crippen molar-refractivity contribution in [2.45, 2.75) is 64.5 Å². The molecule has 28 heavy (non-hydrogen) atoms. The third-order valence-corrected chi connectivity index (χ3v) is 5.98. The Balaban J connectivity index is 2.23. The van der Waals surface area contributed by atoms with Crippen LogP contribution in [0, 0.1) is 0 Å². The summed E-state index contributed by atoms with van der Waals surface area (Å²) in [6.45, 7) is 6.43. The van der Waals surface area contributed by atoms with E-state index >= 15 is 0 Å². The van der Waals surface area contributed by atoms with E-state index in [1.54, 1.807) is 11.3 Å². The average Bonchev–Trinajstić information content (AvgIpc) is 3.22. The Labute approximate surface area is 171 Å². The number of benzene rings is 1. The standard InChI is InChI=1S/C22H31N3O2S/c1-4-6-8-18(24-22(23)27)21(26)25-20(19-9-7-14-28-19)17-12-10-16(11-13-17)15(3)5-2/h7,9-15,18,20H,4-6,8H2,1-3H3,(H,25,26)(H3,23,24,27). The maximum absolute atomic E-state index is 12.9. The monoisotopic (exact) mass is 401 g/mol. The minimum Gasteiger partial charge on any atom is -0.352 e. The molecule has 0 aliphatic rings. The maximum atomic E-state index is 12.9. The van der Waals surface area contributed by atoms with E-state index in [9.17, 15) is 9.59 Å². The molecule has 6 heteroatoms. The number of nitrogens with two attached hydrogens (primary N) is 1. The van der Waals surface area contributed by atoms with Crippen molar-refractivity contribution in [3.8, 4) is 0 Å². The van der Waals surface area contributed by atoms with Crippen LogP contribution >= 0.6 is 11.3 Å². The van der Waals surface area contributed by atoms with E-state index in [1.807, 2.05) is 24.4 Å². The number of unbranched alkanes of at least 4 members (excludes halogenated alkanes) is 1. The Hall–Kier alpha value is -2.34. The summed E-state index contributed by atoms with van der Waals surface area (Å²) in [5, 5.41) is 7.69. The zero-order valence-corrected chi connectivity index (χ0v) is 17.7. The lowest BCUT2D eigenvalue weighted by atomic mass is 9.95. The summed E-state index contributed by atoms with van der Waals surface area (Å²) in [7, 11) is 0. The van der Waals surface area contributed by atoms with Gasteiger partial charge in [0.2, 0.25) is 5.91 Å². The Morgan fingerprint density at radius 2 is 1.75 bits per heavy atom. The van der Waals surface area contributed by atoms with Gasteiger partial charge in [0.1, 0.15) is 6.04 Å². The van der Waals surface area contributed by atoms with Crippen LogP contribution in [0.4, 0.5) is 4.79 Å². The van der Waals surface area contributed by atoms with Crippen LogP contribution in [0.1, 0.15) is 74.4 Å². The van der Waals surface area contributed by atoms with Crippen LogP contribution in [0.25, 0.3) is 0 Å². The van der Waals surface area contributed by atoms with Crippen LogP contribution in [0.2, 0.25) is 0 Å². The lowest BCUT2D eigenvalue weighted by Gasteiger charge is -2.23. The second kappa shape index (κ2) is 10.9. The summed E-state index contributed by atoms with van der Waals surface area (Å²) in [5.41, 5.74) is 7.58. The van der Waals surface area contributed by atoms with Gasteiger partial charge in [-0.1, -0.05) is 63.9 Å². The minimum atomic E-state index is -0.679. The first-order valence-corrected chi connectivity index (χ1v) is 10.8. The number of hydrogen-bond acceptors (Lipinski definition) is 3. The number of rotatable bonds is 10. The van der Waals surface area contributed by atoms with Crippen molar-refractivity contribution >= 4 is 23.3 Å². The maximum Gasteiger partial charge on any atom is 0.312 e. The number of thiophene rings is 1. The van der Waals surface area contributed by atoms with Gasteiger partial charge in [-0.2, -0.15) is 0 Å². The van der Waals surface area contributed by atoms with Gasteiger partial charge in [0, 0.05) is 4.88 Å². The fourth-order valence-corrected chi connectivity index (χ4v) is 3.92. The highest BCUT2D eigenvalue weighted by molar-refractivity contribution is 7.10. The summed E-state index contributed by atoms with van der Waals surface area (Å²) in [6, 6.07) is 10.9. The highest BCUT2D eigenvalue weighted by Crippen LogP contribution is 2.28. The lowest BCUT2D eigenvalue weighted by Crippen LogP contribution is -2.49. The number of nitrogens with one attached hydrogen (secondary N) is 2. The van der Waals surface area contributed by atoms with Crippen molar-refractivity contribution in [1.82, 2.24) is 10.6 Å². The molecule has 0 fully saturated rings. The van der Waals surface area contributed by atoms with E-state index in [0.717, 1.165) is 29.7 Å². The predicted molar refractivity (Wildman–Crippen MR) is 115 cm³/mol. The van der Waals surface area contributed by atoms with Gasteiger partial charge in [-0.05, 0) is 41.3 Å². The average molecular weight is 402 g/mol.